The summed E-state index contributed by atoms with van der Waals surface area (Å²) in [6, 6.07) is 5.13. The van der Waals surface area contributed by atoms with Crippen LogP contribution in [0.5, 0.6) is 0 Å². The Kier molecular flexibility index (Phi) is 4.50. The van der Waals surface area contributed by atoms with Gasteiger partial charge in [0.05, 0.1) is 11.3 Å². The number of halogens is 3. The van der Waals surface area contributed by atoms with Crippen molar-refractivity contribution in [2.24, 2.45) is 0 Å². The van der Waals surface area contributed by atoms with E-state index in [1.165, 1.54) is 11.6 Å². The first-order valence-corrected chi connectivity index (χ1v) is 6.88. The van der Waals surface area contributed by atoms with E-state index in [0.29, 0.717) is 5.69 Å². The van der Waals surface area contributed by atoms with E-state index < -0.39 is 23.7 Å². The number of nitriles is 1. The van der Waals surface area contributed by atoms with E-state index in [2.05, 4.69) is 10.4 Å². The Morgan fingerprint density at radius 2 is 1.96 bits per heavy atom. The number of anilines is 2. The van der Waals surface area contributed by atoms with Gasteiger partial charge in [0.2, 0.25) is 5.91 Å². The summed E-state index contributed by atoms with van der Waals surface area (Å²) < 4.78 is 38.7. The van der Waals surface area contributed by atoms with Gasteiger partial charge in [0.15, 0.2) is 0 Å². The van der Waals surface area contributed by atoms with Crippen molar-refractivity contribution in [3.05, 3.63) is 41.1 Å². The molecule has 6 nitrogen and oxygen atoms in total. The minimum Gasteiger partial charge on any atom is -0.383 e. The van der Waals surface area contributed by atoms with Crippen molar-refractivity contribution in [1.29, 1.82) is 5.26 Å². The van der Waals surface area contributed by atoms with Crippen molar-refractivity contribution in [3.8, 4) is 6.07 Å². The van der Waals surface area contributed by atoms with Crippen LogP contribution in [-0.4, -0.2) is 15.7 Å². The number of carbonyl (C=O) groups excluding carboxylic acids is 1. The number of amides is 1. The predicted octanol–water partition coefficient (Wildman–Crippen LogP) is 2.86. The minimum absolute atomic E-state index is 0.0602. The maximum atomic E-state index is 12.5. The van der Waals surface area contributed by atoms with Crippen LogP contribution in [0, 0.1) is 18.3 Å². The van der Waals surface area contributed by atoms with Crippen LogP contribution in [0.3, 0.4) is 0 Å². The van der Waals surface area contributed by atoms with E-state index in [-0.39, 0.29) is 17.1 Å². The Morgan fingerprint density at radius 3 is 2.42 bits per heavy atom. The molecule has 1 atom stereocenters. The second-order valence-corrected chi connectivity index (χ2v) is 5.14. The molecule has 0 radical (unpaired) electrons. The number of hydrogen-bond acceptors (Lipinski definition) is 4. The lowest BCUT2D eigenvalue weighted by molar-refractivity contribution is -0.137. The number of hydrogen-bond donors (Lipinski definition) is 2. The van der Waals surface area contributed by atoms with Crippen molar-refractivity contribution in [2.45, 2.75) is 26.1 Å². The topological polar surface area (TPSA) is 96.7 Å². The molecule has 1 aromatic carbocycles. The van der Waals surface area contributed by atoms with Gasteiger partial charge in [-0.25, -0.2) is 4.68 Å². The quantitative estimate of drug-likeness (QED) is 0.900. The smallest absolute Gasteiger partial charge is 0.383 e. The Bertz CT molecular complexity index is 802. The van der Waals surface area contributed by atoms with Crippen molar-refractivity contribution in [3.63, 3.8) is 0 Å². The highest BCUT2D eigenvalue weighted by Gasteiger charge is 2.30. The Hall–Kier alpha value is -3.02. The number of nitrogens with one attached hydrogen (secondary N) is 1. The number of nitrogen functional groups attached to an aromatic ring is 1. The van der Waals surface area contributed by atoms with E-state index in [9.17, 15) is 18.0 Å². The molecule has 1 heterocycles. The van der Waals surface area contributed by atoms with Crippen LogP contribution >= 0.6 is 0 Å². The maximum Gasteiger partial charge on any atom is 0.416 e. The van der Waals surface area contributed by atoms with Gasteiger partial charge in [-0.15, -0.1) is 0 Å². The first kappa shape index (κ1) is 17.3. The summed E-state index contributed by atoms with van der Waals surface area (Å²) >= 11 is 0. The number of aryl methyl sites for hydroxylation is 1. The molecule has 0 aliphatic carbocycles. The molecule has 0 bridgehead atoms. The molecule has 0 aliphatic rings. The second kappa shape index (κ2) is 6.23. The highest BCUT2D eigenvalue weighted by Crippen LogP contribution is 2.30. The van der Waals surface area contributed by atoms with E-state index in [0.717, 1.165) is 24.3 Å². The molecule has 1 unspecified atom stereocenters. The fraction of sp³-hybridized carbons (Fsp3) is 0.267. The maximum absolute atomic E-state index is 12.5. The SMILES string of the molecule is Cc1nn(C(C)C(=O)Nc2ccc(C(F)(F)F)cc2)c(N)c1C#N. The van der Waals surface area contributed by atoms with Gasteiger partial charge >= 0.3 is 6.18 Å². The molecule has 1 amide bonds. The van der Waals surface area contributed by atoms with Crippen molar-refractivity contribution in [2.75, 3.05) is 11.1 Å². The fourth-order valence-electron chi connectivity index (χ4n) is 2.10. The molecule has 2 aromatic rings. The molecule has 3 N–H and O–H groups in total. The lowest BCUT2D eigenvalue weighted by Crippen LogP contribution is -2.25. The second-order valence-electron chi connectivity index (χ2n) is 5.14. The molecule has 0 saturated heterocycles. The summed E-state index contributed by atoms with van der Waals surface area (Å²) in [6.07, 6.45) is -4.44. The van der Waals surface area contributed by atoms with Gasteiger partial charge < -0.3 is 11.1 Å². The van der Waals surface area contributed by atoms with Crippen molar-refractivity contribution in [1.82, 2.24) is 9.78 Å². The summed E-state index contributed by atoms with van der Waals surface area (Å²) in [5.74, 6) is -0.460. The number of benzene rings is 1. The van der Waals surface area contributed by atoms with E-state index in [1.54, 1.807) is 6.92 Å². The molecule has 1 aromatic heterocycles. The number of nitrogens with zero attached hydrogens (tertiary/aromatic N) is 3. The van der Waals surface area contributed by atoms with Crippen LogP contribution in [0.2, 0.25) is 0 Å². The van der Waals surface area contributed by atoms with Gasteiger partial charge in [0, 0.05) is 5.69 Å². The molecule has 9 heteroatoms. The first-order valence-electron chi connectivity index (χ1n) is 6.88. The number of rotatable bonds is 3. The summed E-state index contributed by atoms with van der Waals surface area (Å²) in [6.45, 7) is 3.11. The Balaban J connectivity index is 2.17. The van der Waals surface area contributed by atoms with Crippen LogP contribution in [0.1, 0.15) is 29.8 Å². The Labute approximate surface area is 135 Å². The van der Waals surface area contributed by atoms with Crippen LogP contribution in [-0.2, 0) is 11.0 Å². The predicted molar refractivity (Wildman–Crippen MR) is 80.9 cm³/mol. The zero-order valence-corrected chi connectivity index (χ0v) is 12.8. The number of nitrogens with two attached hydrogens (primary N) is 1. The largest absolute Gasteiger partial charge is 0.416 e. The first-order chi connectivity index (χ1) is 11.1. The molecule has 24 heavy (non-hydrogen) atoms. The van der Waals surface area contributed by atoms with Gasteiger partial charge in [-0.05, 0) is 38.1 Å². The third-order valence-corrected chi connectivity index (χ3v) is 3.46. The lowest BCUT2D eigenvalue weighted by Gasteiger charge is -2.14. The average Bonchev–Trinajstić information content (AvgIpc) is 2.80. The van der Waals surface area contributed by atoms with Gasteiger partial charge in [0.25, 0.3) is 0 Å². The van der Waals surface area contributed by atoms with Gasteiger partial charge in [-0.2, -0.15) is 23.5 Å². The van der Waals surface area contributed by atoms with Crippen LogP contribution in [0.15, 0.2) is 24.3 Å². The summed E-state index contributed by atoms with van der Waals surface area (Å²) in [7, 11) is 0. The summed E-state index contributed by atoms with van der Waals surface area (Å²) in [5, 5.41) is 15.5. The van der Waals surface area contributed by atoms with Crippen LogP contribution in [0.25, 0.3) is 0 Å². The van der Waals surface area contributed by atoms with Crippen molar-refractivity contribution >= 4 is 17.4 Å². The molecule has 0 fully saturated rings. The van der Waals surface area contributed by atoms with E-state index in [1.807, 2.05) is 6.07 Å². The molecule has 0 spiro atoms. The van der Waals surface area contributed by atoms with E-state index in [4.69, 9.17) is 11.0 Å². The summed E-state index contributed by atoms with van der Waals surface area (Å²) in [4.78, 5) is 12.2. The number of aromatic nitrogens is 2. The van der Waals surface area contributed by atoms with Crippen LogP contribution in [0.4, 0.5) is 24.7 Å². The molecule has 2 rings (SSSR count). The lowest BCUT2D eigenvalue weighted by atomic mass is 10.2. The monoisotopic (exact) mass is 337 g/mol. The molecular formula is C15H14F3N5O. The normalized spacial score (nSPS) is 12.5. The third kappa shape index (κ3) is 3.32. The van der Waals surface area contributed by atoms with Gasteiger partial charge in [0.1, 0.15) is 23.5 Å². The number of carbonyl (C=O) groups is 1. The van der Waals surface area contributed by atoms with Gasteiger partial charge in [-0.1, -0.05) is 0 Å². The van der Waals surface area contributed by atoms with Crippen molar-refractivity contribution < 1.29 is 18.0 Å². The number of alkyl halides is 3. The molecule has 0 saturated carbocycles. The molecule has 126 valence electrons. The highest BCUT2D eigenvalue weighted by molar-refractivity contribution is 5.93. The minimum atomic E-state index is -4.44. The van der Waals surface area contributed by atoms with E-state index >= 15 is 0 Å². The zero-order valence-electron chi connectivity index (χ0n) is 12.8. The van der Waals surface area contributed by atoms with Crippen LogP contribution < -0.4 is 11.1 Å². The van der Waals surface area contributed by atoms with Gasteiger partial charge in [-0.3, -0.25) is 4.79 Å². The zero-order chi connectivity index (χ0) is 18.1. The standard InChI is InChI=1S/C15H14F3N5O/c1-8-12(7-19)13(20)23(22-8)9(2)14(24)21-11-5-3-10(4-6-11)15(16,17)18/h3-6,9H,20H2,1-2H3,(H,21,24). The molecular weight excluding hydrogens is 323 g/mol. The highest BCUT2D eigenvalue weighted by atomic mass is 19.4. The summed E-state index contributed by atoms with van der Waals surface area (Å²) in [5.41, 5.74) is 5.77. The third-order valence-electron chi connectivity index (χ3n) is 3.46. The molecule has 0 aliphatic heterocycles. The fourth-order valence-corrected chi connectivity index (χ4v) is 2.10. The average molecular weight is 337 g/mol. The Morgan fingerprint density at radius 1 is 1.38 bits per heavy atom.